The molecule has 0 saturated carbocycles. The number of nitrogens with zero attached hydrogens (tertiary/aromatic N) is 5. The van der Waals surface area contributed by atoms with Crippen LogP contribution in [0, 0.1) is 0 Å². The summed E-state index contributed by atoms with van der Waals surface area (Å²) < 4.78 is 4.52. The maximum absolute atomic E-state index is 5.10. The Bertz CT molecular complexity index is 2780. The third-order valence-corrected chi connectivity index (χ3v) is 9.80. The van der Waals surface area contributed by atoms with Crippen LogP contribution in [0.1, 0.15) is 0 Å². The lowest BCUT2D eigenvalue weighted by Crippen LogP contribution is -2.07. The Kier molecular flexibility index (Phi) is 7.07. The number of aromatic nitrogens is 5. The first-order valence-electron chi connectivity index (χ1n) is 17.5. The molecule has 244 valence electrons. The average molecular weight is 666 g/mol. The molecule has 0 aliphatic rings. The van der Waals surface area contributed by atoms with Crippen LogP contribution in [0.2, 0.25) is 0 Å². The predicted octanol–water partition coefficient (Wildman–Crippen LogP) is 11.6. The van der Waals surface area contributed by atoms with Crippen molar-refractivity contribution in [2.75, 3.05) is 0 Å². The van der Waals surface area contributed by atoms with Crippen LogP contribution >= 0.6 is 0 Å². The van der Waals surface area contributed by atoms with Gasteiger partial charge < -0.3 is 4.57 Å². The molecule has 7 aromatic carbocycles. The van der Waals surface area contributed by atoms with Crippen LogP contribution in [0.15, 0.2) is 188 Å². The molecule has 10 aromatic rings. The lowest BCUT2D eigenvalue weighted by atomic mass is 10.0. The van der Waals surface area contributed by atoms with E-state index in [1.165, 1.54) is 21.8 Å². The van der Waals surface area contributed by atoms with E-state index in [0.29, 0.717) is 17.6 Å². The average Bonchev–Trinajstić information content (AvgIpc) is 3.78. The summed E-state index contributed by atoms with van der Waals surface area (Å²) in [6.45, 7) is 0. The first-order valence-corrected chi connectivity index (χ1v) is 17.5. The van der Waals surface area contributed by atoms with E-state index >= 15 is 0 Å². The Morgan fingerprint density at radius 1 is 0.327 bits per heavy atom. The second-order valence-corrected chi connectivity index (χ2v) is 12.9. The van der Waals surface area contributed by atoms with Crippen molar-refractivity contribution in [2.24, 2.45) is 0 Å². The summed E-state index contributed by atoms with van der Waals surface area (Å²) in [6.07, 6.45) is 0. The molecule has 5 nitrogen and oxygen atoms in total. The number of benzene rings is 7. The predicted molar refractivity (Wildman–Crippen MR) is 213 cm³/mol. The maximum atomic E-state index is 5.10. The highest BCUT2D eigenvalue weighted by atomic mass is 15.2. The van der Waals surface area contributed by atoms with Crippen molar-refractivity contribution in [1.82, 2.24) is 24.1 Å². The zero-order valence-corrected chi connectivity index (χ0v) is 28.1. The molecule has 52 heavy (non-hydrogen) atoms. The Labute approximate surface area is 300 Å². The maximum Gasteiger partial charge on any atom is 0.238 e. The van der Waals surface area contributed by atoms with Gasteiger partial charge in [0.15, 0.2) is 11.6 Å². The van der Waals surface area contributed by atoms with Crippen molar-refractivity contribution in [3.05, 3.63) is 188 Å². The zero-order valence-electron chi connectivity index (χ0n) is 28.1. The van der Waals surface area contributed by atoms with Crippen molar-refractivity contribution in [1.29, 1.82) is 0 Å². The van der Waals surface area contributed by atoms with Gasteiger partial charge in [-0.15, -0.1) is 0 Å². The largest absolute Gasteiger partial charge is 0.309 e. The molecule has 0 radical (unpaired) electrons. The van der Waals surface area contributed by atoms with Crippen LogP contribution in [-0.4, -0.2) is 24.1 Å². The van der Waals surface area contributed by atoms with E-state index in [0.717, 1.165) is 50.1 Å². The van der Waals surface area contributed by atoms with Gasteiger partial charge in [-0.25, -0.2) is 4.98 Å². The van der Waals surface area contributed by atoms with Crippen LogP contribution in [0.3, 0.4) is 0 Å². The van der Waals surface area contributed by atoms with Crippen molar-refractivity contribution >= 4 is 32.7 Å². The van der Waals surface area contributed by atoms with Crippen molar-refractivity contribution in [3.8, 4) is 56.8 Å². The van der Waals surface area contributed by atoms with Gasteiger partial charge in [0, 0.05) is 33.0 Å². The van der Waals surface area contributed by atoms with Crippen LogP contribution < -0.4 is 0 Å². The standard InChI is InChI=1S/C47H31N5/c1-3-14-33(15-4-1)45-48-46(34-16-5-2-6-17-34)50-47(49-45)52-41-23-10-7-18-37(41)31-44(52)36-20-13-19-35(30-36)32-26-28-38(29-27-32)51-42-24-11-8-21-39(42)40-22-9-12-25-43(40)51/h1-31H. The van der Waals surface area contributed by atoms with E-state index < -0.39 is 0 Å². The number of fused-ring (bicyclic) bond motifs is 4. The normalized spacial score (nSPS) is 11.5. The lowest BCUT2D eigenvalue weighted by Gasteiger charge is -2.14. The second kappa shape index (κ2) is 12.3. The number of para-hydroxylation sites is 3. The molecule has 0 atom stereocenters. The zero-order chi connectivity index (χ0) is 34.4. The van der Waals surface area contributed by atoms with E-state index in [4.69, 9.17) is 15.0 Å². The van der Waals surface area contributed by atoms with Crippen molar-refractivity contribution in [3.63, 3.8) is 0 Å². The number of hydrogen-bond donors (Lipinski definition) is 0. The van der Waals surface area contributed by atoms with Crippen LogP contribution in [0.25, 0.3) is 89.5 Å². The van der Waals surface area contributed by atoms with Gasteiger partial charge in [0.25, 0.3) is 0 Å². The first kappa shape index (κ1) is 29.8. The fraction of sp³-hybridized carbons (Fsp3) is 0. The van der Waals surface area contributed by atoms with Gasteiger partial charge in [-0.3, -0.25) is 4.57 Å². The Balaban J connectivity index is 1.10. The fourth-order valence-electron chi connectivity index (χ4n) is 7.34. The Morgan fingerprint density at radius 2 is 0.846 bits per heavy atom. The van der Waals surface area contributed by atoms with Gasteiger partial charge in [0.2, 0.25) is 5.95 Å². The van der Waals surface area contributed by atoms with Gasteiger partial charge in [-0.05, 0) is 59.2 Å². The highest BCUT2D eigenvalue weighted by Gasteiger charge is 2.19. The monoisotopic (exact) mass is 665 g/mol. The minimum absolute atomic E-state index is 0.574. The summed E-state index contributed by atoms with van der Waals surface area (Å²) in [5.41, 5.74) is 10.8. The molecule has 0 spiro atoms. The first-order chi connectivity index (χ1) is 25.8. The van der Waals surface area contributed by atoms with Gasteiger partial charge in [0.05, 0.1) is 22.2 Å². The molecule has 0 saturated heterocycles. The fourth-order valence-corrected chi connectivity index (χ4v) is 7.34. The molecule has 0 aliphatic carbocycles. The quantitative estimate of drug-likeness (QED) is 0.178. The summed E-state index contributed by atoms with van der Waals surface area (Å²) in [5.74, 6) is 1.83. The highest BCUT2D eigenvalue weighted by Crippen LogP contribution is 2.36. The summed E-state index contributed by atoms with van der Waals surface area (Å²) in [5, 5.41) is 3.63. The minimum Gasteiger partial charge on any atom is -0.309 e. The van der Waals surface area contributed by atoms with Crippen LogP contribution in [0.4, 0.5) is 0 Å². The molecule has 3 aromatic heterocycles. The molecule has 0 amide bonds. The molecule has 5 heteroatoms. The van der Waals surface area contributed by atoms with E-state index in [1.54, 1.807) is 0 Å². The van der Waals surface area contributed by atoms with E-state index in [1.807, 2.05) is 60.7 Å². The summed E-state index contributed by atoms with van der Waals surface area (Å²) in [4.78, 5) is 15.1. The minimum atomic E-state index is 0.574. The Morgan fingerprint density at radius 3 is 1.48 bits per heavy atom. The third kappa shape index (κ3) is 5.07. The molecular formula is C47H31N5. The summed E-state index contributed by atoms with van der Waals surface area (Å²) in [6, 6.07) is 65.7. The molecule has 0 N–H and O–H groups in total. The van der Waals surface area contributed by atoms with E-state index in [9.17, 15) is 0 Å². The summed E-state index contributed by atoms with van der Waals surface area (Å²) in [7, 11) is 0. The van der Waals surface area contributed by atoms with Gasteiger partial charge in [-0.2, -0.15) is 9.97 Å². The number of hydrogen-bond acceptors (Lipinski definition) is 3. The molecule has 3 heterocycles. The van der Waals surface area contributed by atoms with Crippen LogP contribution in [0.5, 0.6) is 0 Å². The van der Waals surface area contributed by atoms with Crippen LogP contribution in [-0.2, 0) is 0 Å². The Hall–Kier alpha value is -7.11. The molecule has 0 bridgehead atoms. The third-order valence-electron chi connectivity index (χ3n) is 9.80. The smallest absolute Gasteiger partial charge is 0.238 e. The van der Waals surface area contributed by atoms with Crippen molar-refractivity contribution in [2.45, 2.75) is 0 Å². The summed E-state index contributed by atoms with van der Waals surface area (Å²) >= 11 is 0. The van der Waals surface area contributed by atoms with E-state index in [-0.39, 0.29) is 0 Å². The van der Waals surface area contributed by atoms with Crippen molar-refractivity contribution < 1.29 is 0 Å². The molecule has 10 rings (SSSR count). The second-order valence-electron chi connectivity index (χ2n) is 12.9. The molecule has 0 unspecified atom stereocenters. The van der Waals surface area contributed by atoms with E-state index in [2.05, 4.69) is 137 Å². The molecular weight excluding hydrogens is 635 g/mol. The molecule has 0 fully saturated rings. The molecule has 0 aliphatic heterocycles. The van der Waals surface area contributed by atoms with Gasteiger partial charge in [0.1, 0.15) is 0 Å². The SMILES string of the molecule is c1ccc(-c2nc(-c3ccccc3)nc(-n3c(-c4cccc(-c5ccc(-n6c7ccccc7c7ccccc76)cc5)c4)cc4ccccc43)n2)cc1. The van der Waals surface area contributed by atoms with Gasteiger partial charge in [-0.1, -0.05) is 146 Å². The van der Waals surface area contributed by atoms with Gasteiger partial charge >= 0.3 is 0 Å². The highest BCUT2D eigenvalue weighted by molar-refractivity contribution is 6.09. The topological polar surface area (TPSA) is 48.5 Å². The number of rotatable bonds is 6. The lowest BCUT2D eigenvalue weighted by molar-refractivity contribution is 0.938.